The number of ether oxygens (including phenoxy) is 3. The summed E-state index contributed by atoms with van der Waals surface area (Å²) in [7, 11) is 4.55. The van der Waals surface area contributed by atoms with Gasteiger partial charge in [-0.2, -0.15) is 4.98 Å². The number of hydrogen-bond acceptors (Lipinski definition) is 9. The molecule has 26 heavy (non-hydrogen) atoms. The molecule has 1 saturated heterocycles. The molecule has 0 bridgehead atoms. The first-order valence-corrected chi connectivity index (χ1v) is 8.29. The average Bonchev–Trinajstić information content (AvgIpc) is 2.67. The van der Waals surface area contributed by atoms with Crippen LogP contribution < -0.4 is 20.1 Å². The summed E-state index contributed by atoms with van der Waals surface area (Å²) in [6.07, 6.45) is 0. The highest BCUT2D eigenvalue weighted by Gasteiger charge is 2.22. The van der Waals surface area contributed by atoms with Crippen molar-refractivity contribution in [2.24, 2.45) is 0 Å². The zero-order chi connectivity index (χ0) is 18.7. The fourth-order valence-electron chi connectivity index (χ4n) is 2.96. The van der Waals surface area contributed by atoms with Gasteiger partial charge in [0.15, 0.2) is 11.5 Å². The minimum absolute atomic E-state index is 0.231. The SMILES string of the molecule is COC(=O)CN1CCN(c2nc(N)c3cc(OC)c(OC)cc3n2)CC1. The molecule has 0 unspecified atom stereocenters. The molecule has 0 amide bonds. The van der Waals surface area contributed by atoms with E-state index in [1.807, 2.05) is 4.90 Å². The molecule has 0 atom stereocenters. The summed E-state index contributed by atoms with van der Waals surface area (Å²) >= 11 is 0. The molecule has 1 aromatic carbocycles. The van der Waals surface area contributed by atoms with E-state index < -0.39 is 0 Å². The van der Waals surface area contributed by atoms with E-state index in [1.54, 1.807) is 26.4 Å². The maximum absolute atomic E-state index is 11.4. The van der Waals surface area contributed by atoms with E-state index in [-0.39, 0.29) is 5.97 Å². The van der Waals surface area contributed by atoms with Gasteiger partial charge in [-0.05, 0) is 6.07 Å². The number of rotatable bonds is 5. The highest BCUT2D eigenvalue weighted by Crippen LogP contribution is 2.34. The third kappa shape index (κ3) is 3.57. The summed E-state index contributed by atoms with van der Waals surface area (Å²) in [5.41, 5.74) is 6.84. The van der Waals surface area contributed by atoms with Gasteiger partial charge in [-0.1, -0.05) is 0 Å². The van der Waals surface area contributed by atoms with Gasteiger partial charge in [-0.15, -0.1) is 0 Å². The van der Waals surface area contributed by atoms with Crippen LogP contribution in [-0.2, 0) is 9.53 Å². The van der Waals surface area contributed by atoms with Crippen molar-refractivity contribution in [3.8, 4) is 11.5 Å². The van der Waals surface area contributed by atoms with Crippen LogP contribution in [-0.4, -0.2) is 74.9 Å². The predicted octanol–water partition coefficient (Wildman–Crippen LogP) is 0.524. The first-order chi connectivity index (χ1) is 12.5. The molecule has 140 valence electrons. The summed E-state index contributed by atoms with van der Waals surface area (Å²) in [5, 5.41) is 0.718. The van der Waals surface area contributed by atoms with Gasteiger partial charge in [0, 0.05) is 37.6 Å². The predicted molar refractivity (Wildman–Crippen MR) is 97.7 cm³/mol. The van der Waals surface area contributed by atoms with Crippen LogP contribution in [0.15, 0.2) is 12.1 Å². The minimum atomic E-state index is -0.231. The van der Waals surface area contributed by atoms with Crippen molar-refractivity contribution in [2.45, 2.75) is 0 Å². The number of carbonyl (C=O) groups excluding carboxylic acids is 1. The number of carbonyl (C=O) groups is 1. The number of benzene rings is 1. The van der Waals surface area contributed by atoms with Gasteiger partial charge in [0.25, 0.3) is 0 Å². The van der Waals surface area contributed by atoms with Crippen LogP contribution in [0.4, 0.5) is 11.8 Å². The second-order valence-electron chi connectivity index (χ2n) is 5.97. The van der Waals surface area contributed by atoms with Crippen molar-refractivity contribution in [3.05, 3.63) is 12.1 Å². The number of nitrogen functional groups attached to an aromatic ring is 1. The van der Waals surface area contributed by atoms with Gasteiger partial charge >= 0.3 is 5.97 Å². The van der Waals surface area contributed by atoms with Gasteiger partial charge in [0.2, 0.25) is 5.95 Å². The molecule has 0 aliphatic carbocycles. The summed E-state index contributed by atoms with van der Waals surface area (Å²) in [5.74, 6) is 1.90. The van der Waals surface area contributed by atoms with Gasteiger partial charge in [-0.25, -0.2) is 4.98 Å². The van der Waals surface area contributed by atoms with Crippen LogP contribution in [0, 0.1) is 0 Å². The van der Waals surface area contributed by atoms with Crippen molar-refractivity contribution in [2.75, 3.05) is 64.7 Å². The van der Waals surface area contributed by atoms with Crippen molar-refractivity contribution in [3.63, 3.8) is 0 Å². The molecule has 9 nitrogen and oxygen atoms in total. The van der Waals surface area contributed by atoms with Crippen LogP contribution >= 0.6 is 0 Å². The molecule has 3 rings (SSSR count). The molecule has 2 aromatic rings. The van der Waals surface area contributed by atoms with Crippen LogP contribution in [0.3, 0.4) is 0 Å². The number of aromatic nitrogens is 2. The second-order valence-corrected chi connectivity index (χ2v) is 5.97. The van der Waals surface area contributed by atoms with Crippen LogP contribution in [0.5, 0.6) is 11.5 Å². The lowest BCUT2D eigenvalue weighted by Gasteiger charge is -2.34. The van der Waals surface area contributed by atoms with E-state index in [2.05, 4.69) is 14.9 Å². The molecular weight excluding hydrogens is 338 g/mol. The molecule has 1 aromatic heterocycles. The number of methoxy groups -OCH3 is 3. The topological polar surface area (TPSA) is 103 Å². The Morgan fingerprint density at radius 1 is 1.08 bits per heavy atom. The largest absolute Gasteiger partial charge is 0.493 e. The lowest BCUT2D eigenvalue weighted by molar-refractivity contribution is -0.142. The molecule has 0 spiro atoms. The number of fused-ring (bicyclic) bond motifs is 1. The summed E-state index contributed by atoms with van der Waals surface area (Å²) in [6.45, 7) is 3.15. The van der Waals surface area contributed by atoms with Crippen LogP contribution in [0.25, 0.3) is 10.9 Å². The zero-order valence-corrected chi connectivity index (χ0v) is 15.2. The molecule has 0 radical (unpaired) electrons. The van der Waals surface area contributed by atoms with Crippen LogP contribution in [0.1, 0.15) is 0 Å². The van der Waals surface area contributed by atoms with E-state index in [0.717, 1.165) is 18.5 Å². The Hall–Kier alpha value is -2.81. The average molecular weight is 361 g/mol. The Morgan fingerprint density at radius 2 is 1.73 bits per heavy atom. The smallest absolute Gasteiger partial charge is 0.319 e. The van der Waals surface area contributed by atoms with Crippen molar-refractivity contribution in [1.82, 2.24) is 14.9 Å². The number of nitrogens with zero attached hydrogens (tertiary/aromatic N) is 4. The van der Waals surface area contributed by atoms with Gasteiger partial charge in [0.05, 0.1) is 33.4 Å². The zero-order valence-electron chi connectivity index (χ0n) is 15.2. The Bertz CT molecular complexity index is 805. The van der Waals surface area contributed by atoms with E-state index in [0.29, 0.717) is 48.4 Å². The number of anilines is 2. The molecular formula is C17H23N5O4. The fraction of sp³-hybridized carbons (Fsp3) is 0.471. The Kier molecular flexibility index (Phi) is 5.27. The molecule has 9 heteroatoms. The maximum atomic E-state index is 11.4. The second kappa shape index (κ2) is 7.61. The number of piperazine rings is 1. The molecule has 1 aliphatic heterocycles. The van der Waals surface area contributed by atoms with E-state index in [4.69, 9.17) is 19.9 Å². The van der Waals surface area contributed by atoms with Gasteiger partial charge in [0.1, 0.15) is 5.82 Å². The highest BCUT2D eigenvalue weighted by molar-refractivity contribution is 5.91. The van der Waals surface area contributed by atoms with Gasteiger partial charge < -0.3 is 24.8 Å². The van der Waals surface area contributed by atoms with Crippen LogP contribution in [0.2, 0.25) is 0 Å². The Balaban J connectivity index is 1.82. The molecule has 1 aliphatic rings. The third-order valence-electron chi connectivity index (χ3n) is 4.45. The number of esters is 1. The van der Waals surface area contributed by atoms with E-state index in [1.165, 1.54) is 7.11 Å². The summed E-state index contributed by atoms with van der Waals surface area (Å²) < 4.78 is 15.4. The Labute approximate surface area is 151 Å². The number of hydrogen-bond donors (Lipinski definition) is 1. The highest BCUT2D eigenvalue weighted by atomic mass is 16.5. The standard InChI is InChI=1S/C17H23N5O4/c1-24-13-8-11-12(9-14(13)25-2)19-17(20-16(11)18)22-6-4-21(5-7-22)10-15(23)26-3/h8-9H,4-7,10H2,1-3H3,(H2,18,19,20). The van der Waals surface area contributed by atoms with Crippen molar-refractivity contribution < 1.29 is 19.0 Å². The quantitative estimate of drug-likeness (QED) is 0.764. The lowest BCUT2D eigenvalue weighted by Crippen LogP contribution is -2.48. The fourth-order valence-corrected chi connectivity index (χ4v) is 2.96. The summed E-state index contributed by atoms with van der Waals surface area (Å²) in [6, 6.07) is 3.57. The normalized spacial score (nSPS) is 15.1. The third-order valence-corrected chi connectivity index (χ3v) is 4.45. The lowest BCUT2D eigenvalue weighted by atomic mass is 10.2. The monoisotopic (exact) mass is 361 g/mol. The number of nitrogens with two attached hydrogens (primary N) is 1. The van der Waals surface area contributed by atoms with Gasteiger partial charge in [-0.3, -0.25) is 9.69 Å². The van der Waals surface area contributed by atoms with E-state index >= 15 is 0 Å². The molecule has 0 saturated carbocycles. The van der Waals surface area contributed by atoms with Crippen molar-refractivity contribution >= 4 is 28.6 Å². The molecule has 2 heterocycles. The molecule has 2 N–H and O–H groups in total. The Morgan fingerprint density at radius 3 is 2.35 bits per heavy atom. The maximum Gasteiger partial charge on any atom is 0.319 e. The van der Waals surface area contributed by atoms with E-state index in [9.17, 15) is 4.79 Å². The summed E-state index contributed by atoms with van der Waals surface area (Å²) in [4.78, 5) is 24.6. The molecule has 1 fully saturated rings. The minimum Gasteiger partial charge on any atom is -0.493 e. The first-order valence-electron chi connectivity index (χ1n) is 8.29. The first kappa shape index (κ1) is 18.0. The van der Waals surface area contributed by atoms with Crippen molar-refractivity contribution in [1.29, 1.82) is 0 Å².